The average Bonchev–Trinajstić information content (AvgIpc) is 2.95. The maximum absolute atomic E-state index is 6.03. The van der Waals surface area contributed by atoms with E-state index in [0.29, 0.717) is 5.82 Å². The molecule has 0 unspecified atom stereocenters. The predicted molar refractivity (Wildman–Crippen MR) is 93.1 cm³/mol. The molecule has 0 radical (unpaired) electrons. The van der Waals surface area contributed by atoms with Crippen LogP contribution in [0.5, 0.6) is 5.75 Å². The molecule has 1 aliphatic carbocycles. The van der Waals surface area contributed by atoms with Crippen LogP contribution in [-0.4, -0.2) is 19.7 Å². The first-order valence-corrected chi connectivity index (χ1v) is 7.78. The van der Waals surface area contributed by atoms with Crippen LogP contribution in [-0.2, 0) is 7.05 Å². The van der Waals surface area contributed by atoms with Crippen LogP contribution < -0.4 is 10.5 Å². The van der Waals surface area contributed by atoms with Crippen LogP contribution in [0.15, 0.2) is 54.6 Å². The van der Waals surface area contributed by atoms with Gasteiger partial charge in [-0.3, -0.25) is 0 Å². The van der Waals surface area contributed by atoms with Gasteiger partial charge in [-0.1, -0.05) is 24.3 Å². The number of allylic oxidation sites excluding steroid dienone is 4. The summed E-state index contributed by atoms with van der Waals surface area (Å²) in [5, 5.41) is 5.39. The minimum absolute atomic E-state index is 0.458. The van der Waals surface area contributed by atoms with Gasteiger partial charge in [0.05, 0.1) is 5.39 Å². The second kappa shape index (κ2) is 5.81. The van der Waals surface area contributed by atoms with Crippen LogP contribution >= 0.6 is 0 Å². The highest BCUT2D eigenvalue weighted by Crippen LogP contribution is 2.32. The number of nitrogen functional groups attached to an aromatic ring is 1. The molecular formula is C18H17N5O. The highest BCUT2D eigenvalue weighted by atomic mass is 16.5. The molecular weight excluding hydrogens is 302 g/mol. The molecule has 24 heavy (non-hydrogen) atoms. The van der Waals surface area contributed by atoms with Crippen molar-refractivity contribution in [2.75, 3.05) is 5.73 Å². The lowest BCUT2D eigenvalue weighted by atomic mass is 9.99. The predicted octanol–water partition coefficient (Wildman–Crippen LogP) is 3.09. The number of hydrogen-bond acceptors (Lipinski definition) is 5. The molecule has 0 saturated heterocycles. The van der Waals surface area contributed by atoms with Crippen molar-refractivity contribution in [1.29, 1.82) is 0 Å². The summed E-state index contributed by atoms with van der Waals surface area (Å²) >= 11 is 0. The Kier molecular flexibility index (Phi) is 3.49. The quantitative estimate of drug-likeness (QED) is 0.802. The fourth-order valence-electron chi connectivity index (χ4n) is 2.87. The van der Waals surface area contributed by atoms with E-state index < -0.39 is 0 Å². The maximum atomic E-state index is 6.03. The van der Waals surface area contributed by atoms with Gasteiger partial charge in [-0.2, -0.15) is 5.10 Å². The van der Waals surface area contributed by atoms with Crippen LogP contribution in [0.3, 0.4) is 0 Å². The van der Waals surface area contributed by atoms with E-state index in [1.807, 2.05) is 49.5 Å². The lowest BCUT2D eigenvalue weighted by Crippen LogP contribution is -2.01. The van der Waals surface area contributed by atoms with Crippen molar-refractivity contribution in [2.24, 2.45) is 7.05 Å². The molecule has 0 aliphatic heterocycles. The fourth-order valence-corrected chi connectivity index (χ4v) is 2.87. The minimum Gasteiger partial charge on any atom is -0.462 e. The Balaban J connectivity index is 1.67. The molecule has 4 rings (SSSR count). The summed E-state index contributed by atoms with van der Waals surface area (Å²) in [6, 6.07) is 9.79. The zero-order valence-electron chi connectivity index (χ0n) is 13.3. The smallest absolute Gasteiger partial charge is 0.163 e. The van der Waals surface area contributed by atoms with E-state index in [-0.39, 0.29) is 0 Å². The number of nitrogens with zero attached hydrogens (tertiary/aromatic N) is 4. The van der Waals surface area contributed by atoms with Crippen molar-refractivity contribution in [3.8, 4) is 5.75 Å². The van der Waals surface area contributed by atoms with Crippen LogP contribution in [0.25, 0.3) is 16.6 Å². The second-order valence-electron chi connectivity index (χ2n) is 5.67. The fraction of sp³-hybridized carbons (Fsp3) is 0.167. The molecule has 6 nitrogen and oxygen atoms in total. The van der Waals surface area contributed by atoms with E-state index in [1.165, 1.54) is 6.33 Å². The lowest BCUT2D eigenvalue weighted by Gasteiger charge is -2.15. The highest BCUT2D eigenvalue weighted by molar-refractivity contribution is 5.95. The Morgan fingerprint density at radius 2 is 1.92 bits per heavy atom. The molecule has 120 valence electrons. The Bertz CT molecular complexity index is 956. The Hall–Kier alpha value is -3.15. The molecule has 3 aromatic rings. The van der Waals surface area contributed by atoms with Gasteiger partial charge in [0, 0.05) is 13.5 Å². The average molecular weight is 319 g/mol. The zero-order valence-corrected chi connectivity index (χ0v) is 13.3. The van der Waals surface area contributed by atoms with E-state index in [1.54, 1.807) is 4.68 Å². The van der Waals surface area contributed by atoms with Crippen molar-refractivity contribution in [1.82, 2.24) is 19.7 Å². The Morgan fingerprint density at radius 1 is 1.08 bits per heavy atom. The summed E-state index contributed by atoms with van der Waals surface area (Å²) < 4.78 is 7.64. The molecule has 1 aromatic carbocycles. The Labute approximate surface area is 139 Å². The molecule has 0 atom stereocenters. The SMILES string of the molecule is Cn1nc(C2=CC=C(Oc3ccccc3)CC2)c2c(N)ncnc21. The van der Waals surface area contributed by atoms with Gasteiger partial charge < -0.3 is 10.5 Å². The van der Waals surface area contributed by atoms with Gasteiger partial charge in [-0.15, -0.1) is 0 Å². The summed E-state index contributed by atoms with van der Waals surface area (Å²) in [4.78, 5) is 8.36. The third-order valence-electron chi connectivity index (χ3n) is 4.06. The van der Waals surface area contributed by atoms with Crippen LogP contribution in [0.1, 0.15) is 18.5 Å². The number of hydrogen-bond donors (Lipinski definition) is 1. The summed E-state index contributed by atoms with van der Waals surface area (Å²) in [6.07, 6.45) is 7.14. The van der Waals surface area contributed by atoms with Gasteiger partial charge in [-0.25, -0.2) is 14.6 Å². The van der Waals surface area contributed by atoms with Gasteiger partial charge in [0.25, 0.3) is 0 Å². The number of para-hydroxylation sites is 1. The third-order valence-corrected chi connectivity index (χ3v) is 4.06. The third kappa shape index (κ3) is 2.52. The van der Waals surface area contributed by atoms with E-state index >= 15 is 0 Å². The first kappa shape index (κ1) is 14.4. The van der Waals surface area contributed by atoms with Gasteiger partial charge in [0.15, 0.2) is 5.65 Å². The summed E-state index contributed by atoms with van der Waals surface area (Å²) in [5.74, 6) is 2.25. The highest BCUT2D eigenvalue weighted by Gasteiger charge is 2.19. The molecule has 2 N–H and O–H groups in total. The number of anilines is 1. The van der Waals surface area contributed by atoms with Crippen LogP contribution in [0, 0.1) is 0 Å². The van der Waals surface area contributed by atoms with Crippen molar-refractivity contribution in [3.63, 3.8) is 0 Å². The van der Waals surface area contributed by atoms with Gasteiger partial charge >= 0.3 is 0 Å². The number of aromatic nitrogens is 4. The second-order valence-corrected chi connectivity index (χ2v) is 5.67. The molecule has 0 bridgehead atoms. The molecule has 1 aliphatic rings. The van der Waals surface area contributed by atoms with Crippen LogP contribution in [0.4, 0.5) is 5.82 Å². The van der Waals surface area contributed by atoms with Crippen molar-refractivity contribution in [3.05, 3.63) is 60.3 Å². The minimum atomic E-state index is 0.458. The molecule has 0 spiro atoms. The summed E-state index contributed by atoms with van der Waals surface area (Å²) in [5.41, 5.74) is 8.74. The number of nitrogens with two attached hydrogens (primary N) is 1. The van der Waals surface area contributed by atoms with E-state index in [0.717, 1.165) is 46.7 Å². The topological polar surface area (TPSA) is 78.9 Å². The van der Waals surface area contributed by atoms with Gasteiger partial charge in [0.2, 0.25) is 0 Å². The molecule has 0 saturated carbocycles. The van der Waals surface area contributed by atoms with Crippen molar-refractivity contribution < 1.29 is 4.74 Å². The number of aryl methyl sites for hydroxylation is 1. The van der Waals surface area contributed by atoms with Crippen LogP contribution in [0.2, 0.25) is 0 Å². The van der Waals surface area contributed by atoms with Crippen molar-refractivity contribution >= 4 is 22.4 Å². The number of fused-ring (bicyclic) bond motifs is 1. The van der Waals surface area contributed by atoms with E-state index in [9.17, 15) is 0 Å². The van der Waals surface area contributed by atoms with E-state index in [2.05, 4.69) is 15.1 Å². The molecule has 6 heteroatoms. The molecule has 2 heterocycles. The monoisotopic (exact) mass is 319 g/mol. The Morgan fingerprint density at radius 3 is 2.67 bits per heavy atom. The number of rotatable bonds is 3. The first-order chi connectivity index (χ1) is 11.7. The van der Waals surface area contributed by atoms with Gasteiger partial charge in [0.1, 0.15) is 29.3 Å². The summed E-state index contributed by atoms with van der Waals surface area (Å²) in [7, 11) is 1.86. The van der Waals surface area contributed by atoms with Crippen molar-refractivity contribution in [2.45, 2.75) is 12.8 Å². The molecule has 2 aromatic heterocycles. The lowest BCUT2D eigenvalue weighted by molar-refractivity contribution is 0.403. The molecule has 0 fully saturated rings. The normalized spacial score (nSPS) is 14.4. The van der Waals surface area contributed by atoms with Gasteiger partial charge in [-0.05, 0) is 30.2 Å². The number of benzene rings is 1. The number of ether oxygens (including phenoxy) is 1. The molecule has 0 amide bonds. The summed E-state index contributed by atoms with van der Waals surface area (Å²) in [6.45, 7) is 0. The first-order valence-electron chi connectivity index (χ1n) is 7.78. The standard InChI is InChI=1S/C18H17N5O/c1-23-18-15(17(19)20-11-21-18)16(22-23)12-7-9-14(10-8-12)24-13-5-3-2-4-6-13/h2-7,9,11H,8,10H2,1H3,(H2,19,20,21). The zero-order chi connectivity index (χ0) is 16.5. The maximum Gasteiger partial charge on any atom is 0.163 e. The largest absolute Gasteiger partial charge is 0.462 e. The van der Waals surface area contributed by atoms with E-state index in [4.69, 9.17) is 10.5 Å².